The minimum absolute atomic E-state index is 0.00250. The molecule has 2 N–H and O–H groups in total. The molecule has 0 atom stereocenters. The number of carbonyl (C=O) groups is 1. The van der Waals surface area contributed by atoms with Gasteiger partial charge >= 0.3 is 11.7 Å². The molecule has 3 aromatic rings. The molecular formula is C22H23N5O5. The Kier molecular flexibility index (Phi) is 7.52. The summed E-state index contributed by atoms with van der Waals surface area (Å²) < 4.78 is 10.4. The van der Waals surface area contributed by atoms with E-state index in [0.29, 0.717) is 23.7 Å². The molecule has 0 unspecified atom stereocenters. The van der Waals surface area contributed by atoms with E-state index in [9.17, 15) is 14.9 Å². The van der Waals surface area contributed by atoms with E-state index in [4.69, 9.17) is 9.47 Å². The van der Waals surface area contributed by atoms with Crippen LogP contribution in [0.5, 0.6) is 5.75 Å². The van der Waals surface area contributed by atoms with Crippen LogP contribution >= 0.6 is 0 Å². The Balaban J connectivity index is 1.86. The first-order valence-electron chi connectivity index (χ1n) is 9.97. The fourth-order valence-electron chi connectivity index (χ4n) is 2.85. The van der Waals surface area contributed by atoms with Gasteiger partial charge < -0.3 is 20.1 Å². The summed E-state index contributed by atoms with van der Waals surface area (Å²) in [6.45, 7) is 2.71. The number of nitro groups is 1. The number of esters is 1. The predicted octanol–water partition coefficient (Wildman–Crippen LogP) is 4.84. The predicted molar refractivity (Wildman–Crippen MR) is 120 cm³/mol. The third-order valence-corrected chi connectivity index (χ3v) is 4.47. The molecule has 0 fully saturated rings. The summed E-state index contributed by atoms with van der Waals surface area (Å²) in [6.07, 6.45) is 3.19. The molecule has 1 heterocycles. The molecule has 0 bridgehead atoms. The number of benzene rings is 2. The van der Waals surface area contributed by atoms with Crippen molar-refractivity contribution >= 4 is 34.7 Å². The maximum absolute atomic E-state index is 12.0. The molecule has 0 saturated carbocycles. The monoisotopic (exact) mass is 437 g/mol. The lowest BCUT2D eigenvalue weighted by molar-refractivity contribution is -0.383. The normalized spacial score (nSPS) is 10.3. The number of para-hydroxylation sites is 1. The van der Waals surface area contributed by atoms with E-state index in [1.165, 1.54) is 13.4 Å². The molecule has 0 amide bonds. The van der Waals surface area contributed by atoms with Crippen LogP contribution in [0.3, 0.4) is 0 Å². The van der Waals surface area contributed by atoms with E-state index in [1.54, 1.807) is 48.5 Å². The van der Waals surface area contributed by atoms with Crippen LogP contribution in [-0.4, -0.2) is 34.6 Å². The highest BCUT2D eigenvalue weighted by molar-refractivity contribution is 5.96. The van der Waals surface area contributed by atoms with E-state index in [2.05, 4.69) is 27.5 Å². The van der Waals surface area contributed by atoms with Crippen molar-refractivity contribution in [3.05, 3.63) is 70.5 Å². The molecule has 1 aromatic heterocycles. The van der Waals surface area contributed by atoms with Crippen LogP contribution in [0.2, 0.25) is 0 Å². The quantitative estimate of drug-likeness (QED) is 0.198. The molecule has 10 nitrogen and oxygen atoms in total. The van der Waals surface area contributed by atoms with Gasteiger partial charge in [0.15, 0.2) is 0 Å². The third-order valence-electron chi connectivity index (χ3n) is 4.47. The molecule has 0 aliphatic heterocycles. The Morgan fingerprint density at radius 3 is 2.41 bits per heavy atom. The largest absolute Gasteiger partial charge is 0.494 e. The first-order chi connectivity index (χ1) is 15.5. The van der Waals surface area contributed by atoms with E-state index in [-0.39, 0.29) is 22.9 Å². The number of nitrogens with one attached hydrogen (secondary N) is 2. The molecule has 32 heavy (non-hydrogen) atoms. The van der Waals surface area contributed by atoms with Crippen LogP contribution in [-0.2, 0) is 4.74 Å². The third kappa shape index (κ3) is 5.48. The number of carbonyl (C=O) groups excluding carboxylic acids is 1. The maximum atomic E-state index is 12.0. The van der Waals surface area contributed by atoms with Crippen molar-refractivity contribution in [2.75, 3.05) is 24.4 Å². The van der Waals surface area contributed by atoms with Crippen molar-refractivity contribution in [2.24, 2.45) is 0 Å². The van der Waals surface area contributed by atoms with Crippen LogP contribution < -0.4 is 15.4 Å². The molecule has 166 valence electrons. The van der Waals surface area contributed by atoms with E-state index in [1.807, 2.05) is 0 Å². The number of hydrogen-bond donors (Lipinski definition) is 2. The van der Waals surface area contributed by atoms with Gasteiger partial charge in [-0.15, -0.1) is 0 Å². The van der Waals surface area contributed by atoms with Crippen LogP contribution in [0.15, 0.2) is 54.9 Å². The Bertz CT molecular complexity index is 1090. The van der Waals surface area contributed by atoms with Gasteiger partial charge in [0.05, 0.1) is 29.9 Å². The summed E-state index contributed by atoms with van der Waals surface area (Å²) in [7, 11) is 1.26. The fourth-order valence-corrected chi connectivity index (χ4v) is 2.85. The number of hydrogen-bond acceptors (Lipinski definition) is 9. The minimum Gasteiger partial charge on any atom is -0.494 e. The Morgan fingerprint density at radius 2 is 1.75 bits per heavy atom. The van der Waals surface area contributed by atoms with Gasteiger partial charge in [-0.05, 0) is 42.8 Å². The number of nitrogens with zero attached hydrogens (tertiary/aromatic N) is 3. The van der Waals surface area contributed by atoms with E-state index >= 15 is 0 Å². The van der Waals surface area contributed by atoms with Gasteiger partial charge in [-0.1, -0.05) is 25.5 Å². The lowest BCUT2D eigenvalue weighted by Crippen LogP contribution is -2.09. The standard InChI is InChI=1S/C22H23N5O5/c1-3-4-13-32-16-11-9-15(10-12-16)25-20-19(27(29)30)21(24-14-23-20)26-18-8-6-5-7-17(18)22(28)31-2/h5-12,14H,3-4,13H2,1-2H3,(H2,23,24,25,26). The van der Waals surface area contributed by atoms with Crippen molar-refractivity contribution < 1.29 is 19.2 Å². The van der Waals surface area contributed by atoms with Crippen molar-refractivity contribution in [3.8, 4) is 5.75 Å². The summed E-state index contributed by atoms with van der Waals surface area (Å²) in [5.74, 6) is 0.0680. The average molecular weight is 437 g/mol. The summed E-state index contributed by atoms with van der Waals surface area (Å²) in [6, 6.07) is 13.5. The molecule has 0 aliphatic rings. The molecule has 10 heteroatoms. The highest BCUT2D eigenvalue weighted by Gasteiger charge is 2.24. The van der Waals surface area contributed by atoms with Crippen LogP contribution in [0.1, 0.15) is 30.1 Å². The highest BCUT2D eigenvalue weighted by Crippen LogP contribution is 2.34. The van der Waals surface area contributed by atoms with Crippen molar-refractivity contribution in [2.45, 2.75) is 19.8 Å². The first kappa shape index (κ1) is 22.5. The van der Waals surface area contributed by atoms with Gasteiger partial charge in [-0.2, -0.15) is 0 Å². The SMILES string of the molecule is CCCCOc1ccc(Nc2ncnc(Nc3ccccc3C(=O)OC)c2[N+](=O)[O-])cc1. The van der Waals surface area contributed by atoms with Gasteiger partial charge in [0.25, 0.3) is 0 Å². The fraction of sp³-hybridized carbons (Fsp3) is 0.227. The van der Waals surface area contributed by atoms with Gasteiger partial charge in [0.1, 0.15) is 12.1 Å². The van der Waals surface area contributed by atoms with Gasteiger partial charge in [-0.3, -0.25) is 10.1 Å². The topological polar surface area (TPSA) is 129 Å². The number of aromatic nitrogens is 2. The first-order valence-corrected chi connectivity index (χ1v) is 9.97. The Hall–Kier alpha value is -4.21. The summed E-state index contributed by atoms with van der Waals surface area (Å²) in [5.41, 5.74) is 0.766. The second-order valence-corrected chi connectivity index (χ2v) is 6.69. The number of methoxy groups -OCH3 is 1. The smallest absolute Gasteiger partial charge is 0.353 e. The zero-order chi connectivity index (χ0) is 22.9. The van der Waals surface area contributed by atoms with Crippen molar-refractivity contribution in [1.82, 2.24) is 9.97 Å². The number of unbranched alkanes of at least 4 members (excludes halogenated alkanes) is 1. The van der Waals surface area contributed by atoms with E-state index < -0.39 is 10.9 Å². The Morgan fingerprint density at radius 1 is 1.06 bits per heavy atom. The second-order valence-electron chi connectivity index (χ2n) is 6.69. The molecule has 2 aromatic carbocycles. The molecule has 0 spiro atoms. The molecule has 3 rings (SSSR count). The molecule has 0 aliphatic carbocycles. The van der Waals surface area contributed by atoms with Crippen LogP contribution in [0, 0.1) is 10.1 Å². The average Bonchev–Trinajstić information content (AvgIpc) is 2.80. The maximum Gasteiger partial charge on any atom is 0.353 e. The highest BCUT2D eigenvalue weighted by atomic mass is 16.6. The van der Waals surface area contributed by atoms with E-state index in [0.717, 1.165) is 12.8 Å². The minimum atomic E-state index is -0.590. The zero-order valence-corrected chi connectivity index (χ0v) is 17.7. The summed E-state index contributed by atoms with van der Waals surface area (Å²) in [4.78, 5) is 31.3. The number of anilines is 4. The molecule has 0 radical (unpaired) electrons. The molecule has 0 saturated heterocycles. The van der Waals surface area contributed by atoms with Crippen molar-refractivity contribution in [3.63, 3.8) is 0 Å². The van der Waals surface area contributed by atoms with Crippen molar-refractivity contribution in [1.29, 1.82) is 0 Å². The number of rotatable bonds is 10. The van der Waals surface area contributed by atoms with Gasteiger partial charge in [-0.25, -0.2) is 14.8 Å². The van der Waals surface area contributed by atoms with Crippen LogP contribution in [0.4, 0.5) is 28.7 Å². The molecular weight excluding hydrogens is 414 g/mol. The lowest BCUT2D eigenvalue weighted by Gasteiger charge is -2.12. The summed E-state index contributed by atoms with van der Waals surface area (Å²) >= 11 is 0. The van der Waals surface area contributed by atoms with Gasteiger partial charge in [0.2, 0.25) is 11.6 Å². The van der Waals surface area contributed by atoms with Gasteiger partial charge in [0, 0.05) is 5.69 Å². The summed E-state index contributed by atoms with van der Waals surface area (Å²) in [5, 5.41) is 17.6. The zero-order valence-electron chi connectivity index (χ0n) is 17.7. The second kappa shape index (κ2) is 10.7. The Labute approximate surface area is 184 Å². The number of ether oxygens (including phenoxy) is 2. The lowest BCUT2D eigenvalue weighted by atomic mass is 10.2. The van der Waals surface area contributed by atoms with Crippen LogP contribution in [0.25, 0.3) is 0 Å².